The summed E-state index contributed by atoms with van der Waals surface area (Å²) >= 11 is 1.36. The number of esters is 1. The molecule has 0 spiro atoms. The van der Waals surface area contributed by atoms with Crippen LogP contribution in [0.2, 0.25) is 0 Å². The first-order valence-corrected chi connectivity index (χ1v) is 9.74. The van der Waals surface area contributed by atoms with E-state index in [4.69, 9.17) is 4.74 Å². The molecule has 2 aromatic rings. The summed E-state index contributed by atoms with van der Waals surface area (Å²) in [6, 6.07) is 11.7. The predicted molar refractivity (Wildman–Crippen MR) is 102 cm³/mol. The second-order valence-electron chi connectivity index (χ2n) is 6.41. The van der Waals surface area contributed by atoms with E-state index >= 15 is 0 Å². The predicted octanol–water partition coefficient (Wildman–Crippen LogP) is 2.25. The highest BCUT2D eigenvalue weighted by Crippen LogP contribution is 2.22. The Kier molecular flexibility index (Phi) is 6.24. The molecule has 2 heterocycles. The molecule has 0 aliphatic carbocycles. The number of nitrogens with one attached hydrogen (secondary N) is 1. The first kappa shape index (κ1) is 19.1. The molecule has 1 saturated heterocycles. The Balaban J connectivity index is 1.70. The van der Waals surface area contributed by atoms with Crippen molar-refractivity contribution in [1.29, 1.82) is 0 Å². The third-order valence-electron chi connectivity index (χ3n) is 4.63. The average molecular weight is 386 g/mol. The highest BCUT2D eigenvalue weighted by Gasteiger charge is 2.36. The Hall–Kier alpha value is -2.67. The summed E-state index contributed by atoms with van der Waals surface area (Å²) in [5.41, 5.74) is 0.922. The number of ether oxygens (including phenoxy) is 1. The average Bonchev–Trinajstić information content (AvgIpc) is 3.39. The monoisotopic (exact) mass is 386 g/mol. The molecule has 0 bridgehead atoms. The number of rotatable bonds is 6. The van der Waals surface area contributed by atoms with Crippen molar-refractivity contribution >= 4 is 29.1 Å². The minimum atomic E-state index is -0.788. The summed E-state index contributed by atoms with van der Waals surface area (Å²) in [4.78, 5) is 39.9. The first-order valence-electron chi connectivity index (χ1n) is 8.86. The van der Waals surface area contributed by atoms with E-state index in [0.717, 1.165) is 12.0 Å². The minimum absolute atomic E-state index is 0.139. The maximum absolute atomic E-state index is 12.8. The van der Waals surface area contributed by atoms with Crippen molar-refractivity contribution in [2.24, 2.45) is 0 Å². The molecule has 1 aliphatic heterocycles. The molecule has 3 rings (SSSR count). The van der Waals surface area contributed by atoms with Crippen LogP contribution in [-0.4, -0.2) is 48.4 Å². The summed E-state index contributed by atoms with van der Waals surface area (Å²) < 4.78 is 4.85. The molecule has 27 heavy (non-hydrogen) atoms. The molecular weight excluding hydrogens is 364 g/mol. The van der Waals surface area contributed by atoms with E-state index in [0.29, 0.717) is 24.3 Å². The van der Waals surface area contributed by atoms with Crippen LogP contribution in [0, 0.1) is 0 Å². The molecule has 0 radical (unpaired) electrons. The summed E-state index contributed by atoms with van der Waals surface area (Å²) in [6.45, 7) is 0.538. The van der Waals surface area contributed by atoms with E-state index in [1.807, 2.05) is 41.8 Å². The normalized spacial score (nSPS) is 17.4. The topological polar surface area (TPSA) is 75.7 Å². The van der Waals surface area contributed by atoms with Crippen LogP contribution in [0.5, 0.6) is 0 Å². The second-order valence-corrected chi connectivity index (χ2v) is 7.36. The van der Waals surface area contributed by atoms with Gasteiger partial charge in [0.2, 0.25) is 5.91 Å². The number of carbonyl (C=O) groups is 3. The van der Waals surface area contributed by atoms with Crippen LogP contribution < -0.4 is 5.32 Å². The van der Waals surface area contributed by atoms with Crippen LogP contribution in [-0.2, 0) is 20.7 Å². The molecule has 2 amide bonds. The fraction of sp³-hybridized carbons (Fsp3) is 0.350. The molecule has 1 aromatic heterocycles. The SMILES string of the molecule is COC(=O)[C@@H](Cc1ccccc1)NC(=O)[C@H]1CCCN1C(=O)c1cccs1. The van der Waals surface area contributed by atoms with Crippen LogP contribution in [0.4, 0.5) is 0 Å². The number of benzene rings is 1. The van der Waals surface area contributed by atoms with Gasteiger partial charge >= 0.3 is 5.97 Å². The van der Waals surface area contributed by atoms with Gasteiger partial charge in [-0.3, -0.25) is 9.59 Å². The lowest BCUT2D eigenvalue weighted by Crippen LogP contribution is -2.51. The number of carbonyl (C=O) groups excluding carboxylic acids is 3. The van der Waals surface area contributed by atoms with Gasteiger partial charge in [-0.15, -0.1) is 11.3 Å². The van der Waals surface area contributed by atoms with E-state index in [1.54, 1.807) is 11.0 Å². The third kappa shape index (κ3) is 4.54. The lowest BCUT2D eigenvalue weighted by Gasteiger charge is -2.25. The fourth-order valence-corrected chi connectivity index (χ4v) is 3.96. The molecule has 6 nitrogen and oxygen atoms in total. The van der Waals surface area contributed by atoms with Crippen LogP contribution in [0.25, 0.3) is 0 Å². The van der Waals surface area contributed by atoms with Gasteiger partial charge in [-0.05, 0) is 29.9 Å². The summed E-state index contributed by atoms with van der Waals surface area (Å²) in [5.74, 6) is -0.953. The highest BCUT2D eigenvalue weighted by atomic mass is 32.1. The van der Waals surface area contributed by atoms with Gasteiger partial charge in [-0.1, -0.05) is 36.4 Å². The van der Waals surface area contributed by atoms with E-state index in [-0.39, 0.29) is 11.8 Å². The molecule has 1 aliphatic rings. The van der Waals surface area contributed by atoms with Crippen molar-refractivity contribution in [3.05, 3.63) is 58.3 Å². The van der Waals surface area contributed by atoms with Crippen LogP contribution in [0.15, 0.2) is 47.8 Å². The fourth-order valence-electron chi connectivity index (χ4n) is 3.28. The minimum Gasteiger partial charge on any atom is -0.467 e. The maximum Gasteiger partial charge on any atom is 0.328 e. The Morgan fingerprint density at radius 2 is 2.00 bits per heavy atom. The number of methoxy groups -OCH3 is 1. The van der Waals surface area contributed by atoms with Crippen LogP contribution in [0.1, 0.15) is 28.1 Å². The summed E-state index contributed by atoms with van der Waals surface area (Å²) in [7, 11) is 1.30. The van der Waals surface area contributed by atoms with Gasteiger partial charge in [0.1, 0.15) is 12.1 Å². The lowest BCUT2D eigenvalue weighted by molar-refractivity contribution is -0.145. The largest absolute Gasteiger partial charge is 0.467 e. The Bertz CT molecular complexity index is 792. The highest BCUT2D eigenvalue weighted by molar-refractivity contribution is 7.12. The zero-order chi connectivity index (χ0) is 19.2. The smallest absolute Gasteiger partial charge is 0.328 e. The third-order valence-corrected chi connectivity index (χ3v) is 5.49. The van der Waals surface area contributed by atoms with Gasteiger partial charge in [-0.2, -0.15) is 0 Å². The van der Waals surface area contributed by atoms with Crippen LogP contribution >= 0.6 is 11.3 Å². The summed E-state index contributed by atoms with van der Waals surface area (Å²) in [6.07, 6.45) is 1.68. The quantitative estimate of drug-likeness (QED) is 0.773. The lowest BCUT2D eigenvalue weighted by atomic mass is 10.1. The van der Waals surface area contributed by atoms with Gasteiger partial charge in [0.15, 0.2) is 0 Å². The maximum atomic E-state index is 12.8. The van der Waals surface area contributed by atoms with Crippen molar-refractivity contribution in [3.8, 4) is 0 Å². The van der Waals surface area contributed by atoms with Crippen molar-refractivity contribution < 1.29 is 19.1 Å². The Morgan fingerprint density at radius 3 is 2.67 bits per heavy atom. The van der Waals surface area contributed by atoms with Crippen molar-refractivity contribution in [2.45, 2.75) is 31.3 Å². The number of nitrogens with zero attached hydrogens (tertiary/aromatic N) is 1. The second kappa shape index (κ2) is 8.81. The molecule has 1 N–H and O–H groups in total. The molecular formula is C20H22N2O4S. The van der Waals surface area contributed by atoms with E-state index in [9.17, 15) is 14.4 Å². The van der Waals surface area contributed by atoms with E-state index in [2.05, 4.69) is 5.32 Å². The standard InChI is InChI=1S/C20H22N2O4S/c1-26-20(25)15(13-14-7-3-2-4-8-14)21-18(23)16-9-5-11-22(16)19(24)17-10-6-12-27-17/h2-4,6-8,10,12,15-16H,5,9,11,13H2,1H3,(H,21,23)/t15-,16-/m1/s1. The molecule has 1 fully saturated rings. The zero-order valence-corrected chi connectivity index (χ0v) is 15.9. The number of likely N-dealkylation sites (tertiary alicyclic amines) is 1. The molecule has 7 heteroatoms. The van der Waals surface area contributed by atoms with Crippen molar-refractivity contribution in [1.82, 2.24) is 10.2 Å². The Morgan fingerprint density at radius 1 is 1.22 bits per heavy atom. The van der Waals surface area contributed by atoms with Crippen molar-refractivity contribution in [2.75, 3.05) is 13.7 Å². The van der Waals surface area contributed by atoms with Gasteiger partial charge in [0.05, 0.1) is 12.0 Å². The summed E-state index contributed by atoms with van der Waals surface area (Å²) in [5, 5.41) is 4.62. The zero-order valence-electron chi connectivity index (χ0n) is 15.1. The van der Waals surface area contributed by atoms with E-state index < -0.39 is 18.1 Å². The molecule has 2 atom stereocenters. The number of amides is 2. The van der Waals surface area contributed by atoms with Crippen LogP contribution in [0.3, 0.4) is 0 Å². The number of hydrogen-bond acceptors (Lipinski definition) is 5. The van der Waals surface area contributed by atoms with Gasteiger partial charge < -0.3 is 15.0 Å². The molecule has 0 saturated carbocycles. The van der Waals surface area contributed by atoms with Gasteiger partial charge in [0.25, 0.3) is 5.91 Å². The first-order chi connectivity index (χ1) is 13.1. The van der Waals surface area contributed by atoms with Crippen molar-refractivity contribution in [3.63, 3.8) is 0 Å². The van der Waals surface area contributed by atoms with E-state index in [1.165, 1.54) is 18.4 Å². The molecule has 142 valence electrons. The molecule has 1 aromatic carbocycles. The van der Waals surface area contributed by atoms with Gasteiger partial charge in [0, 0.05) is 13.0 Å². The number of hydrogen-bond donors (Lipinski definition) is 1. The Labute approximate surface area is 162 Å². The number of thiophene rings is 1. The van der Waals surface area contributed by atoms with Gasteiger partial charge in [-0.25, -0.2) is 4.79 Å². The molecule has 0 unspecified atom stereocenters.